The summed E-state index contributed by atoms with van der Waals surface area (Å²) in [5.41, 5.74) is 2.67. The average Bonchev–Trinajstić information content (AvgIpc) is 2.69. The van der Waals surface area contributed by atoms with Gasteiger partial charge in [-0.05, 0) is 18.2 Å². The number of ether oxygens (including phenoxy) is 1. The lowest BCUT2D eigenvalue weighted by Gasteiger charge is -2.11. The molecule has 0 saturated heterocycles. The summed E-state index contributed by atoms with van der Waals surface area (Å²) in [5, 5.41) is 5.82. The van der Waals surface area contributed by atoms with Crippen molar-refractivity contribution < 1.29 is 13.9 Å². The molecule has 0 atom stereocenters. The normalized spacial score (nSPS) is 10.5. The number of amides is 1. The van der Waals surface area contributed by atoms with E-state index in [1.54, 1.807) is 18.6 Å². The fourth-order valence-corrected chi connectivity index (χ4v) is 2.43. The van der Waals surface area contributed by atoms with Crippen molar-refractivity contribution >= 4 is 34.4 Å². The monoisotopic (exact) mass is 401 g/mol. The van der Waals surface area contributed by atoms with Crippen LogP contribution in [0.4, 0.5) is 10.1 Å². The summed E-state index contributed by atoms with van der Waals surface area (Å²) in [6, 6.07) is 5.81. The largest absolute Gasteiger partial charge is 0.484 e. The first-order valence-corrected chi connectivity index (χ1v) is 8.75. The van der Waals surface area contributed by atoms with Gasteiger partial charge in [0.05, 0.1) is 16.9 Å². The highest BCUT2D eigenvalue weighted by atomic mass is 35.5. The number of hydrogen-bond acceptors (Lipinski definition) is 6. The minimum absolute atomic E-state index is 0.00327. The van der Waals surface area contributed by atoms with Gasteiger partial charge in [-0.1, -0.05) is 18.2 Å². The number of nitrogens with one attached hydrogen (secondary N) is 2. The van der Waals surface area contributed by atoms with Crippen LogP contribution in [-0.2, 0) is 4.79 Å². The number of anilines is 1. The molecule has 9 heteroatoms. The van der Waals surface area contributed by atoms with Crippen LogP contribution in [0.25, 0.3) is 11.2 Å². The number of halogens is 2. The van der Waals surface area contributed by atoms with Crippen LogP contribution < -0.4 is 15.4 Å². The van der Waals surface area contributed by atoms with Gasteiger partial charge < -0.3 is 15.4 Å². The molecule has 144 valence electrons. The van der Waals surface area contributed by atoms with Gasteiger partial charge in [-0.2, -0.15) is 0 Å². The summed E-state index contributed by atoms with van der Waals surface area (Å²) in [4.78, 5) is 24.3. The Morgan fingerprint density at radius 3 is 2.86 bits per heavy atom. The number of rotatable bonds is 8. The van der Waals surface area contributed by atoms with E-state index in [4.69, 9.17) is 16.3 Å². The Balaban J connectivity index is 1.40. The predicted octanol–water partition coefficient (Wildman–Crippen LogP) is 3.33. The van der Waals surface area contributed by atoms with E-state index in [2.05, 4.69) is 32.2 Å². The van der Waals surface area contributed by atoms with Crippen LogP contribution in [0.3, 0.4) is 0 Å². The summed E-state index contributed by atoms with van der Waals surface area (Å²) in [6.07, 6.45) is 5.31. The minimum atomic E-state index is -0.601. The molecule has 0 bridgehead atoms. The number of carbonyl (C=O) groups excluding carboxylic acids is 1. The van der Waals surface area contributed by atoms with Crippen LogP contribution >= 0.6 is 11.6 Å². The number of fused-ring (bicyclic) bond motifs is 1. The summed E-state index contributed by atoms with van der Waals surface area (Å²) < 4.78 is 18.5. The van der Waals surface area contributed by atoms with Crippen molar-refractivity contribution in [1.82, 2.24) is 20.3 Å². The van der Waals surface area contributed by atoms with E-state index in [1.165, 1.54) is 12.1 Å². The number of hydrogen-bond donors (Lipinski definition) is 2. The lowest BCUT2D eigenvalue weighted by atomic mass is 10.3. The molecule has 1 amide bonds. The highest BCUT2D eigenvalue weighted by molar-refractivity contribution is 6.30. The molecule has 2 aromatic heterocycles. The van der Waals surface area contributed by atoms with Crippen LogP contribution in [0.2, 0.25) is 5.02 Å². The second-order valence-corrected chi connectivity index (χ2v) is 6.22. The van der Waals surface area contributed by atoms with Crippen LogP contribution in [0.15, 0.2) is 55.1 Å². The molecule has 0 spiro atoms. The molecule has 0 saturated carbocycles. The number of nitrogens with zero attached hydrogens (tertiary/aromatic N) is 3. The Labute approximate surface area is 165 Å². The molecule has 2 heterocycles. The molecular formula is C19H17ClFN5O2. The van der Waals surface area contributed by atoms with Crippen molar-refractivity contribution in [3.63, 3.8) is 0 Å². The number of pyridine rings is 1. The third-order valence-electron chi connectivity index (χ3n) is 3.66. The number of benzene rings is 1. The minimum Gasteiger partial charge on any atom is -0.484 e. The Hall–Kier alpha value is -3.26. The van der Waals surface area contributed by atoms with E-state index >= 15 is 0 Å². The Morgan fingerprint density at radius 2 is 2.04 bits per heavy atom. The summed E-state index contributed by atoms with van der Waals surface area (Å²) in [5.74, 6) is -0.697. The molecule has 0 aliphatic heterocycles. The quantitative estimate of drug-likeness (QED) is 0.602. The standard InChI is InChI=1S/C19H17ClFN5O2/c1-12(26-13-8-17-19(25-10-13)24-7-6-22-17)4-5-23-18(27)11-28-14-2-3-15(20)16(21)9-14/h2-3,6-10,26H,1,4-5,11H2,(H,23,27). The molecule has 28 heavy (non-hydrogen) atoms. The lowest BCUT2D eigenvalue weighted by Crippen LogP contribution is -2.30. The summed E-state index contributed by atoms with van der Waals surface area (Å²) in [6.45, 7) is 4.06. The van der Waals surface area contributed by atoms with Gasteiger partial charge in [0.25, 0.3) is 5.91 Å². The molecule has 3 aromatic rings. The topological polar surface area (TPSA) is 89.0 Å². The van der Waals surface area contributed by atoms with E-state index in [0.29, 0.717) is 29.8 Å². The van der Waals surface area contributed by atoms with Gasteiger partial charge in [0.2, 0.25) is 0 Å². The van der Waals surface area contributed by atoms with Gasteiger partial charge in [-0.3, -0.25) is 9.78 Å². The highest BCUT2D eigenvalue weighted by Crippen LogP contribution is 2.20. The smallest absolute Gasteiger partial charge is 0.257 e. The number of carbonyl (C=O) groups is 1. The van der Waals surface area contributed by atoms with Crippen molar-refractivity contribution in [3.05, 3.63) is 66.0 Å². The maximum Gasteiger partial charge on any atom is 0.257 e. The van der Waals surface area contributed by atoms with Crippen molar-refractivity contribution in [3.8, 4) is 5.75 Å². The fourth-order valence-electron chi connectivity index (χ4n) is 2.31. The molecule has 3 rings (SSSR count). The highest BCUT2D eigenvalue weighted by Gasteiger charge is 2.06. The first-order valence-electron chi connectivity index (χ1n) is 8.37. The fraction of sp³-hybridized carbons (Fsp3) is 0.158. The summed E-state index contributed by atoms with van der Waals surface area (Å²) in [7, 11) is 0. The Bertz CT molecular complexity index is 1010. The van der Waals surface area contributed by atoms with Crippen molar-refractivity contribution in [2.24, 2.45) is 0 Å². The third kappa shape index (κ3) is 5.37. The zero-order valence-corrected chi connectivity index (χ0v) is 15.5. The van der Waals surface area contributed by atoms with E-state index in [-0.39, 0.29) is 23.3 Å². The maximum absolute atomic E-state index is 13.3. The molecule has 2 N–H and O–H groups in total. The molecule has 0 aliphatic carbocycles. The van der Waals surface area contributed by atoms with Gasteiger partial charge in [0, 0.05) is 37.1 Å². The molecular weight excluding hydrogens is 385 g/mol. The van der Waals surface area contributed by atoms with Crippen LogP contribution in [0.5, 0.6) is 5.75 Å². The zero-order valence-electron chi connectivity index (χ0n) is 14.8. The predicted molar refractivity (Wildman–Crippen MR) is 105 cm³/mol. The molecule has 0 radical (unpaired) electrons. The summed E-state index contributed by atoms with van der Waals surface area (Å²) >= 11 is 5.59. The number of aromatic nitrogens is 3. The van der Waals surface area contributed by atoms with E-state index in [0.717, 1.165) is 11.8 Å². The van der Waals surface area contributed by atoms with Gasteiger partial charge in [-0.25, -0.2) is 14.4 Å². The molecule has 7 nitrogen and oxygen atoms in total. The second kappa shape index (κ2) is 9.09. The average molecular weight is 402 g/mol. The van der Waals surface area contributed by atoms with Gasteiger partial charge in [-0.15, -0.1) is 0 Å². The first kappa shape index (κ1) is 19.5. The third-order valence-corrected chi connectivity index (χ3v) is 3.96. The van der Waals surface area contributed by atoms with E-state index in [9.17, 15) is 9.18 Å². The Kier molecular flexibility index (Phi) is 6.33. The SMILES string of the molecule is C=C(CCNC(=O)COc1ccc(Cl)c(F)c1)Nc1cnc2nccnc2c1. The maximum atomic E-state index is 13.3. The van der Waals surface area contributed by atoms with E-state index in [1.807, 2.05) is 6.07 Å². The van der Waals surface area contributed by atoms with Crippen LogP contribution in [0.1, 0.15) is 6.42 Å². The van der Waals surface area contributed by atoms with Crippen LogP contribution in [0, 0.1) is 5.82 Å². The van der Waals surface area contributed by atoms with E-state index < -0.39 is 5.82 Å². The van der Waals surface area contributed by atoms with Crippen molar-refractivity contribution in [2.45, 2.75) is 6.42 Å². The van der Waals surface area contributed by atoms with Crippen molar-refractivity contribution in [1.29, 1.82) is 0 Å². The van der Waals surface area contributed by atoms with Gasteiger partial charge >= 0.3 is 0 Å². The molecule has 0 unspecified atom stereocenters. The Morgan fingerprint density at radius 1 is 1.21 bits per heavy atom. The molecule has 0 aliphatic rings. The zero-order chi connectivity index (χ0) is 19.9. The van der Waals surface area contributed by atoms with Gasteiger partial charge in [0.1, 0.15) is 17.1 Å². The van der Waals surface area contributed by atoms with Crippen LogP contribution in [-0.4, -0.2) is 34.0 Å². The van der Waals surface area contributed by atoms with Gasteiger partial charge in [0.15, 0.2) is 12.3 Å². The molecule has 1 aromatic carbocycles. The van der Waals surface area contributed by atoms with Crippen molar-refractivity contribution in [2.75, 3.05) is 18.5 Å². The lowest BCUT2D eigenvalue weighted by molar-refractivity contribution is -0.123. The second-order valence-electron chi connectivity index (χ2n) is 5.82. The molecule has 0 fully saturated rings. The first-order chi connectivity index (χ1) is 13.5.